The van der Waals surface area contributed by atoms with E-state index < -0.39 is 0 Å². The molecule has 0 radical (unpaired) electrons. The van der Waals surface area contributed by atoms with Crippen LogP contribution in [0, 0.1) is 0 Å². The third kappa shape index (κ3) is 1.45. The Bertz CT molecular complexity index is 269. The van der Waals surface area contributed by atoms with Crippen molar-refractivity contribution in [2.45, 2.75) is 20.3 Å². The van der Waals surface area contributed by atoms with E-state index in [0.29, 0.717) is 17.6 Å². The number of ketones is 2. The standard InChI is InChI=1S/C9H10O2/c1-3-7-5-8(10)4-6(2)9(7)11/h4-5H,3H2,1-2H3. The van der Waals surface area contributed by atoms with Crippen LogP contribution in [-0.4, -0.2) is 11.6 Å². The first kappa shape index (κ1) is 7.92. The molecule has 0 bridgehead atoms. The van der Waals surface area contributed by atoms with Gasteiger partial charge in [0.15, 0.2) is 11.6 Å². The average molecular weight is 150 g/mol. The van der Waals surface area contributed by atoms with E-state index in [1.165, 1.54) is 12.2 Å². The van der Waals surface area contributed by atoms with Gasteiger partial charge in [-0.1, -0.05) is 6.92 Å². The zero-order chi connectivity index (χ0) is 8.43. The number of rotatable bonds is 1. The van der Waals surface area contributed by atoms with E-state index in [4.69, 9.17) is 0 Å². The molecule has 0 amide bonds. The Kier molecular flexibility index (Phi) is 2.03. The third-order valence-corrected chi connectivity index (χ3v) is 1.71. The highest BCUT2D eigenvalue weighted by molar-refractivity contribution is 6.19. The van der Waals surface area contributed by atoms with E-state index in [0.717, 1.165) is 0 Å². The summed E-state index contributed by atoms with van der Waals surface area (Å²) < 4.78 is 0. The molecule has 2 nitrogen and oxygen atoms in total. The van der Waals surface area contributed by atoms with Gasteiger partial charge in [0.2, 0.25) is 0 Å². The van der Waals surface area contributed by atoms with Gasteiger partial charge in [0.05, 0.1) is 0 Å². The number of allylic oxidation sites excluding steroid dienone is 4. The molecule has 0 spiro atoms. The quantitative estimate of drug-likeness (QED) is 0.530. The molecule has 11 heavy (non-hydrogen) atoms. The molecule has 0 aromatic rings. The second kappa shape index (κ2) is 2.82. The Morgan fingerprint density at radius 2 is 1.91 bits per heavy atom. The van der Waals surface area contributed by atoms with Gasteiger partial charge in [-0.25, -0.2) is 0 Å². The Balaban J connectivity index is 3.00. The number of carbonyl (C=O) groups excluding carboxylic acids is 2. The summed E-state index contributed by atoms with van der Waals surface area (Å²) in [6.07, 6.45) is 3.42. The summed E-state index contributed by atoms with van der Waals surface area (Å²) in [4.78, 5) is 22.1. The maximum absolute atomic E-state index is 11.2. The molecule has 2 heteroatoms. The minimum absolute atomic E-state index is 0.00657. The van der Waals surface area contributed by atoms with Crippen LogP contribution >= 0.6 is 0 Å². The van der Waals surface area contributed by atoms with Crippen molar-refractivity contribution >= 4 is 11.6 Å². The lowest BCUT2D eigenvalue weighted by Gasteiger charge is -2.07. The maximum Gasteiger partial charge on any atom is 0.184 e. The largest absolute Gasteiger partial charge is 0.290 e. The molecule has 0 fully saturated rings. The molecular formula is C9H10O2. The second-order valence-electron chi connectivity index (χ2n) is 2.58. The van der Waals surface area contributed by atoms with Crippen molar-refractivity contribution in [3.05, 3.63) is 23.3 Å². The molecule has 1 rings (SSSR count). The summed E-state index contributed by atoms with van der Waals surface area (Å²) in [5, 5.41) is 0. The van der Waals surface area contributed by atoms with Crippen molar-refractivity contribution in [3.8, 4) is 0 Å². The van der Waals surface area contributed by atoms with Crippen molar-refractivity contribution in [1.82, 2.24) is 0 Å². The van der Waals surface area contributed by atoms with Crippen molar-refractivity contribution in [2.75, 3.05) is 0 Å². The van der Waals surface area contributed by atoms with E-state index >= 15 is 0 Å². The highest BCUT2D eigenvalue weighted by Crippen LogP contribution is 2.14. The van der Waals surface area contributed by atoms with E-state index in [-0.39, 0.29) is 11.6 Å². The first-order valence-electron chi connectivity index (χ1n) is 3.62. The molecule has 0 heterocycles. The van der Waals surface area contributed by atoms with Crippen LogP contribution in [0.1, 0.15) is 20.3 Å². The molecule has 0 saturated carbocycles. The molecule has 1 aliphatic rings. The van der Waals surface area contributed by atoms with Crippen LogP contribution in [0.2, 0.25) is 0 Å². The van der Waals surface area contributed by atoms with Gasteiger partial charge in [-0.05, 0) is 25.5 Å². The van der Waals surface area contributed by atoms with Crippen molar-refractivity contribution < 1.29 is 9.59 Å². The summed E-state index contributed by atoms with van der Waals surface area (Å²) in [7, 11) is 0. The van der Waals surface area contributed by atoms with Gasteiger partial charge < -0.3 is 0 Å². The van der Waals surface area contributed by atoms with Gasteiger partial charge in [0.25, 0.3) is 0 Å². The Morgan fingerprint density at radius 3 is 2.45 bits per heavy atom. The van der Waals surface area contributed by atoms with Gasteiger partial charge in [0, 0.05) is 11.1 Å². The Morgan fingerprint density at radius 1 is 1.27 bits per heavy atom. The van der Waals surface area contributed by atoms with Gasteiger partial charge in [-0.15, -0.1) is 0 Å². The average Bonchev–Trinajstić information content (AvgIpc) is 1.96. The topological polar surface area (TPSA) is 34.1 Å². The summed E-state index contributed by atoms with van der Waals surface area (Å²) in [6, 6.07) is 0. The molecular weight excluding hydrogens is 140 g/mol. The Labute approximate surface area is 65.6 Å². The zero-order valence-corrected chi connectivity index (χ0v) is 6.68. The molecule has 0 atom stereocenters. The molecule has 0 aliphatic heterocycles. The fourth-order valence-electron chi connectivity index (χ4n) is 1.07. The predicted molar refractivity (Wildman–Crippen MR) is 42.1 cm³/mol. The normalized spacial score (nSPS) is 18.0. The first-order chi connectivity index (χ1) is 5.15. The molecule has 0 N–H and O–H groups in total. The molecule has 0 saturated heterocycles. The van der Waals surface area contributed by atoms with Crippen LogP contribution in [0.4, 0.5) is 0 Å². The zero-order valence-electron chi connectivity index (χ0n) is 6.68. The lowest BCUT2D eigenvalue weighted by Crippen LogP contribution is -2.11. The number of hydrogen-bond donors (Lipinski definition) is 0. The first-order valence-corrected chi connectivity index (χ1v) is 3.62. The van der Waals surface area contributed by atoms with Gasteiger partial charge in [-0.2, -0.15) is 0 Å². The van der Waals surface area contributed by atoms with Crippen molar-refractivity contribution in [2.24, 2.45) is 0 Å². The summed E-state index contributed by atoms with van der Waals surface area (Å²) >= 11 is 0. The molecule has 58 valence electrons. The SMILES string of the molecule is CCC1=CC(=O)C=C(C)C1=O. The lowest BCUT2D eigenvalue weighted by atomic mass is 9.95. The van der Waals surface area contributed by atoms with Crippen molar-refractivity contribution in [1.29, 1.82) is 0 Å². The van der Waals surface area contributed by atoms with Gasteiger partial charge in [0.1, 0.15) is 0 Å². The van der Waals surface area contributed by atoms with E-state index in [1.807, 2.05) is 6.92 Å². The molecule has 0 unspecified atom stereocenters. The van der Waals surface area contributed by atoms with Gasteiger partial charge >= 0.3 is 0 Å². The molecule has 0 aromatic carbocycles. The van der Waals surface area contributed by atoms with Crippen LogP contribution in [0.3, 0.4) is 0 Å². The Hall–Kier alpha value is -1.18. The predicted octanol–water partition coefficient (Wildman–Crippen LogP) is 1.42. The van der Waals surface area contributed by atoms with Crippen LogP contribution in [0.15, 0.2) is 23.3 Å². The molecule has 1 aliphatic carbocycles. The number of carbonyl (C=O) groups is 2. The van der Waals surface area contributed by atoms with Crippen LogP contribution in [0.25, 0.3) is 0 Å². The van der Waals surface area contributed by atoms with Gasteiger partial charge in [-0.3, -0.25) is 9.59 Å². The van der Waals surface area contributed by atoms with Crippen LogP contribution in [-0.2, 0) is 9.59 Å². The van der Waals surface area contributed by atoms with E-state index in [2.05, 4.69) is 0 Å². The number of hydrogen-bond acceptors (Lipinski definition) is 2. The third-order valence-electron chi connectivity index (χ3n) is 1.71. The highest BCUT2D eigenvalue weighted by atomic mass is 16.1. The summed E-state index contributed by atoms with van der Waals surface area (Å²) in [5.74, 6) is -0.0638. The van der Waals surface area contributed by atoms with Crippen molar-refractivity contribution in [3.63, 3.8) is 0 Å². The minimum Gasteiger partial charge on any atom is -0.290 e. The lowest BCUT2D eigenvalue weighted by molar-refractivity contribution is -0.115. The minimum atomic E-state index is -0.0704. The van der Waals surface area contributed by atoms with Crippen LogP contribution < -0.4 is 0 Å². The highest BCUT2D eigenvalue weighted by Gasteiger charge is 2.15. The maximum atomic E-state index is 11.2. The van der Waals surface area contributed by atoms with E-state index in [9.17, 15) is 9.59 Å². The fourth-order valence-corrected chi connectivity index (χ4v) is 1.07. The second-order valence-corrected chi connectivity index (χ2v) is 2.58. The summed E-state index contributed by atoms with van der Waals surface area (Å²) in [6.45, 7) is 3.54. The number of Topliss-reactive ketones (excluding diaryl/α,β-unsaturated/α-hetero) is 1. The van der Waals surface area contributed by atoms with E-state index in [1.54, 1.807) is 6.92 Å². The summed E-state index contributed by atoms with van der Waals surface area (Å²) in [5.41, 5.74) is 1.17. The molecule has 0 aromatic heterocycles. The fraction of sp³-hybridized carbons (Fsp3) is 0.333. The van der Waals surface area contributed by atoms with Crippen LogP contribution in [0.5, 0.6) is 0 Å². The monoisotopic (exact) mass is 150 g/mol. The smallest absolute Gasteiger partial charge is 0.184 e.